The van der Waals surface area contributed by atoms with Gasteiger partial charge < -0.3 is 15.4 Å². The van der Waals surface area contributed by atoms with Gasteiger partial charge in [0, 0.05) is 13.1 Å². The quantitative estimate of drug-likeness (QED) is 0.568. The number of guanidine groups is 1. The molecule has 0 saturated heterocycles. The van der Waals surface area contributed by atoms with Gasteiger partial charge in [-0.15, -0.1) is 0 Å². The number of aliphatic imine (C=N–C) groups is 1. The normalized spacial score (nSPS) is 12.1. The third-order valence-electron chi connectivity index (χ3n) is 2.97. The molecule has 1 aromatic carbocycles. The minimum Gasteiger partial charge on any atom is -0.494 e. The highest BCUT2D eigenvalue weighted by Crippen LogP contribution is 2.19. The Morgan fingerprint density at radius 3 is 2.57 bits per heavy atom. The average Bonchev–Trinajstić information content (AvgIpc) is 2.48. The van der Waals surface area contributed by atoms with Crippen molar-refractivity contribution in [1.82, 2.24) is 10.6 Å². The molecule has 1 aromatic rings. The molecule has 0 radical (unpaired) electrons. The molecule has 7 heteroatoms. The van der Waals surface area contributed by atoms with E-state index in [1.54, 1.807) is 0 Å². The van der Waals surface area contributed by atoms with Crippen LogP contribution in [0.25, 0.3) is 0 Å². The Morgan fingerprint density at radius 1 is 1.17 bits per heavy atom. The predicted octanol–water partition coefficient (Wildman–Crippen LogP) is 3.14. The fraction of sp³-hybridized carbons (Fsp3) is 0.562. The van der Waals surface area contributed by atoms with Crippen LogP contribution in [0.15, 0.2) is 29.3 Å². The summed E-state index contributed by atoms with van der Waals surface area (Å²) in [6, 6.07) is 7.72. The number of nitrogens with one attached hydrogen (secondary N) is 2. The summed E-state index contributed by atoms with van der Waals surface area (Å²) < 4.78 is 42.0. The van der Waals surface area contributed by atoms with E-state index in [1.807, 2.05) is 38.1 Å². The smallest absolute Gasteiger partial charge is 0.390 e. The lowest BCUT2D eigenvalue weighted by atomic mass is 10.1. The summed E-state index contributed by atoms with van der Waals surface area (Å²) in [6.07, 6.45) is -4.41. The van der Waals surface area contributed by atoms with E-state index in [4.69, 9.17) is 4.74 Å². The first kappa shape index (κ1) is 19.1. The molecule has 130 valence electrons. The SMILES string of the molecule is CCNC(=NCCC(F)(F)F)NCCc1ccccc1OCC. The molecule has 0 fully saturated rings. The van der Waals surface area contributed by atoms with Gasteiger partial charge in [-0.2, -0.15) is 13.2 Å². The molecule has 0 amide bonds. The Kier molecular flexibility index (Phi) is 8.29. The van der Waals surface area contributed by atoms with Gasteiger partial charge in [0.05, 0.1) is 19.6 Å². The summed E-state index contributed by atoms with van der Waals surface area (Å²) in [5.74, 6) is 1.22. The fourth-order valence-corrected chi connectivity index (χ4v) is 1.96. The van der Waals surface area contributed by atoms with Gasteiger partial charge in [0.1, 0.15) is 5.75 Å². The third-order valence-corrected chi connectivity index (χ3v) is 2.97. The molecule has 0 heterocycles. The van der Waals surface area contributed by atoms with E-state index in [1.165, 1.54) is 0 Å². The van der Waals surface area contributed by atoms with Crippen LogP contribution in [-0.4, -0.2) is 38.4 Å². The maximum Gasteiger partial charge on any atom is 0.390 e. The first-order chi connectivity index (χ1) is 11.0. The summed E-state index contributed by atoms with van der Waals surface area (Å²) in [7, 11) is 0. The lowest BCUT2D eigenvalue weighted by Gasteiger charge is -2.13. The van der Waals surface area contributed by atoms with Crippen molar-refractivity contribution in [2.75, 3.05) is 26.2 Å². The lowest BCUT2D eigenvalue weighted by molar-refractivity contribution is -0.132. The van der Waals surface area contributed by atoms with Gasteiger partial charge >= 0.3 is 6.18 Å². The number of rotatable bonds is 8. The zero-order valence-electron chi connectivity index (χ0n) is 13.5. The molecule has 0 aromatic heterocycles. The first-order valence-corrected chi connectivity index (χ1v) is 7.76. The third kappa shape index (κ3) is 8.32. The van der Waals surface area contributed by atoms with E-state index >= 15 is 0 Å². The second-order valence-electron chi connectivity index (χ2n) is 4.84. The highest BCUT2D eigenvalue weighted by molar-refractivity contribution is 5.79. The molecule has 0 atom stereocenters. The molecule has 0 spiro atoms. The molecular weight excluding hydrogens is 307 g/mol. The predicted molar refractivity (Wildman–Crippen MR) is 86.0 cm³/mol. The molecule has 1 rings (SSSR count). The molecule has 0 aliphatic carbocycles. The summed E-state index contributed by atoms with van der Waals surface area (Å²) in [6.45, 7) is 5.24. The number of nitrogens with zero attached hydrogens (tertiary/aromatic N) is 1. The summed E-state index contributed by atoms with van der Waals surface area (Å²) >= 11 is 0. The largest absolute Gasteiger partial charge is 0.494 e. The van der Waals surface area contributed by atoms with Crippen molar-refractivity contribution < 1.29 is 17.9 Å². The molecule has 0 bridgehead atoms. The number of para-hydroxylation sites is 1. The molecular formula is C16H24F3N3O. The molecule has 0 aliphatic rings. The van der Waals surface area contributed by atoms with Crippen molar-refractivity contribution in [3.63, 3.8) is 0 Å². The standard InChI is InChI=1S/C16H24F3N3O/c1-3-20-15(22-12-10-16(17,18)19)21-11-9-13-7-5-6-8-14(13)23-4-2/h5-8H,3-4,9-12H2,1-2H3,(H2,20,21,22). The first-order valence-electron chi connectivity index (χ1n) is 7.76. The van der Waals surface area contributed by atoms with Gasteiger partial charge in [-0.3, -0.25) is 4.99 Å². The molecule has 23 heavy (non-hydrogen) atoms. The van der Waals surface area contributed by atoms with Crippen LogP contribution in [0.2, 0.25) is 0 Å². The van der Waals surface area contributed by atoms with Gasteiger partial charge in [0.15, 0.2) is 5.96 Å². The molecule has 2 N–H and O–H groups in total. The van der Waals surface area contributed by atoms with E-state index in [0.717, 1.165) is 11.3 Å². The lowest BCUT2D eigenvalue weighted by Crippen LogP contribution is -2.38. The van der Waals surface area contributed by atoms with Crippen LogP contribution in [0.4, 0.5) is 13.2 Å². The van der Waals surface area contributed by atoms with E-state index in [-0.39, 0.29) is 6.54 Å². The second kappa shape index (κ2) is 9.97. The van der Waals surface area contributed by atoms with Gasteiger partial charge in [-0.05, 0) is 31.9 Å². The van der Waals surface area contributed by atoms with Crippen LogP contribution in [0.5, 0.6) is 5.75 Å². The Labute approximate surface area is 135 Å². The van der Waals surface area contributed by atoms with Crippen molar-refractivity contribution in [3.8, 4) is 5.75 Å². The van der Waals surface area contributed by atoms with E-state index in [0.29, 0.717) is 32.1 Å². The van der Waals surface area contributed by atoms with Crippen LogP contribution in [0.3, 0.4) is 0 Å². The molecule has 4 nitrogen and oxygen atoms in total. The Hall–Kier alpha value is -1.92. The van der Waals surface area contributed by atoms with Gasteiger partial charge in [0.2, 0.25) is 0 Å². The van der Waals surface area contributed by atoms with Gasteiger partial charge in [0.25, 0.3) is 0 Å². The Morgan fingerprint density at radius 2 is 1.91 bits per heavy atom. The highest BCUT2D eigenvalue weighted by atomic mass is 19.4. The zero-order valence-corrected chi connectivity index (χ0v) is 13.5. The Balaban J connectivity index is 2.51. The van der Waals surface area contributed by atoms with Crippen molar-refractivity contribution in [1.29, 1.82) is 0 Å². The number of hydrogen-bond donors (Lipinski definition) is 2. The summed E-state index contributed by atoms with van der Waals surface area (Å²) in [4.78, 5) is 3.93. The molecule has 0 saturated carbocycles. The van der Waals surface area contributed by atoms with E-state index in [2.05, 4.69) is 15.6 Å². The number of halogens is 3. The van der Waals surface area contributed by atoms with Crippen molar-refractivity contribution in [2.45, 2.75) is 32.9 Å². The molecule has 0 unspecified atom stereocenters. The zero-order chi connectivity index (χ0) is 17.1. The van der Waals surface area contributed by atoms with Gasteiger partial charge in [-0.1, -0.05) is 18.2 Å². The maximum absolute atomic E-state index is 12.2. The monoisotopic (exact) mass is 331 g/mol. The van der Waals surface area contributed by atoms with E-state index in [9.17, 15) is 13.2 Å². The number of benzene rings is 1. The topological polar surface area (TPSA) is 45.7 Å². The van der Waals surface area contributed by atoms with Crippen LogP contribution in [0.1, 0.15) is 25.8 Å². The Bertz CT molecular complexity index is 490. The van der Waals surface area contributed by atoms with Crippen molar-refractivity contribution in [3.05, 3.63) is 29.8 Å². The average molecular weight is 331 g/mol. The van der Waals surface area contributed by atoms with Crippen LogP contribution in [-0.2, 0) is 6.42 Å². The molecule has 0 aliphatic heterocycles. The second-order valence-corrected chi connectivity index (χ2v) is 4.84. The van der Waals surface area contributed by atoms with Crippen LogP contribution < -0.4 is 15.4 Å². The summed E-state index contributed by atoms with van der Waals surface area (Å²) in [5.41, 5.74) is 1.05. The minimum absolute atomic E-state index is 0.283. The van der Waals surface area contributed by atoms with Gasteiger partial charge in [-0.25, -0.2) is 0 Å². The van der Waals surface area contributed by atoms with Crippen LogP contribution in [0, 0.1) is 0 Å². The van der Waals surface area contributed by atoms with Crippen molar-refractivity contribution >= 4 is 5.96 Å². The highest BCUT2D eigenvalue weighted by Gasteiger charge is 2.26. The van der Waals surface area contributed by atoms with Crippen molar-refractivity contribution in [2.24, 2.45) is 4.99 Å². The number of alkyl halides is 3. The van der Waals surface area contributed by atoms with Crippen LogP contribution >= 0.6 is 0 Å². The van der Waals surface area contributed by atoms with E-state index < -0.39 is 12.6 Å². The number of ether oxygens (including phenoxy) is 1. The minimum atomic E-state index is -4.18. The maximum atomic E-state index is 12.2. The number of hydrogen-bond acceptors (Lipinski definition) is 2. The summed E-state index contributed by atoms with van der Waals surface area (Å²) in [5, 5.41) is 5.98. The fourth-order valence-electron chi connectivity index (χ4n) is 1.96.